The Morgan fingerprint density at radius 3 is 2.69 bits per heavy atom. The first-order valence-electron chi connectivity index (χ1n) is 4.71. The Labute approximate surface area is 83.0 Å². The fourth-order valence-electron chi connectivity index (χ4n) is 2.25. The number of hydrogen-bond donors (Lipinski definition) is 2. The number of ether oxygens (including phenoxy) is 1. The van der Waals surface area contributed by atoms with Crippen LogP contribution in [0.15, 0.2) is 0 Å². The van der Waals surface area contributed by atoms with Gasteiger partial charge in [0.05, 0.1) is 17.2 Å². The second kappa shape index (κ2) is 3.12. The predicted molar refractivity (Wildman–Crippen MR) is 53.8 cm³/mol. The van der Waals surface area contributed by atoms with Crippen LogP contribution >= 0.6 is 11.8 Å². The molecule has 2 rings (SSSR count). The number of methoxy groups -OCH3 is 1. The Kier molecular flexibility index (Phi) is 2.35. The monoisotopic (exact) mass is 203 g/mol. The van der Waals surface area contributed by atoms with Gasteiger partial charge in [0.1, 0.15) is 0 Å². The molecule has 1 saturated heterocycles. The largest absolute Gasteiger partial charge is 0.387 e. The molecule has 3 nitrogen and oxygen atoms in total. The molecule has 1 aliphatic heterocycles. The number of nitrogens with two attached hydrogens (primary N) is 1. The molecule has 0 bridgehead atoms. The summed E-state index contributed by atoms with van der Waals surface area (Å²) >= 11 is 1.80. The third-order valence-corrected chi connectivity index (χ3v) is 4.62. The summed E-state index contributed by atoms with van der Waals surface area (Å²) in [6.07, 6.45) is 2.71. The van der Waals surface area contributed by atoms with E-state index in [-0.39, 0.29) is 11.6 Å². The van der Waals surface area contributed by atoms with E-state index in [1.165, 1.54) is 0 Å². The maximum absolute atomic E-state index is 10.3. The summed E-state index contributed by atoms with van der Waals surface area (Å²) in [5, 5.41) is 10.3. The van der Waals surface area contributed by atoms with Crippen LogP contribution in [-0.2, 0) is 4.74 Å². The van der Waals surface area contributed by atoms with Crippen molar-refractivity contribution in [2.24, 2.45) is 5.73 Å². The van der Waals surface area contributed by atoms with Crippen LogP contribution in [0, 0.1) is 0 Å². The minimum Gasteiger partial charge on any atom is -0.387 e. The summed E-state index contributed by atoms with van der Waals surface area (Å²) in [4.78, 5) is 0. The summed E-state index contributed by atoms with van der Waals surface area (Å²) in [5.74, 6) is 1.83. The highest BCUT2D eigenvalue weighted by Crippen LogP contribution is 2.46. The van der Waals surface area contributed by atoms with Gasteiger partial charge in [0.15, 0.2) is 0 Å². The number of rotatable bonds is 2. The van der Waals surface area contributed by atoms with Crippen molar-refractivity contribution in [1.82, 2.24) is 0 Å². The Bertz CT molecular complexity index is 198. The van der Waals surface area contributed by atoms with Crippen molar-refractivity contribution in [1.29, 1.82) is 0 Å². The van der Waals surface area contributed by atoms with Crippen LogP contribution in [0.3, 0.4) is 0 Å². The van der Waals surface area contributed by atoms with Gasteiger partial charge in [-0.05, 0) is 25.0 Å². The van der Waals surface area contributed by atoms with Gasteiger partial charge in [0, 0.05) is 12.9 Å². The van der Waals surface area contributed by atoms with E-state index in [9.17, 15) is 5.11 Å². The first-order valence-corrected chi connectivity index (χ1v) is 5.87. The minimum absolute atomic E-state index is 0.264. The van der Waals surface area contributed by atoms with Crippen molar-refractivity contribution in [2.45, 2.75) is 36.5 Å². The molecule has 0 aromatic heterocycles. The molecule has 1 atom stereocenters. The average molecular weight is 203 g/mol. The van der Waals surface area contributed by atoms with Gasteiger partial charge in [-0.25, -0.2) is 0 Å². The quantitative estimate of drug-likeness (QED) is 0.680. The minimum atomic E-state index is -0.632. The van der Waals surface area contributed by atoms with Crippen LogP contribution in [-0.4, -0.2) is 41.0 Å². The second-order valence-electron chi connectivity index (χ2n) is 4.26. The van der Waals surface area contributed by atoms with E-state index in [1.807, 2.05) is 0 Å². The lowest BCUT2D eigenvalue weighted by Crippen LogP contribution is -2.69. The molecule has 0 spiro atoms. The molecule has 0 aromatic carbocycles. The van der Waals surface area contributed by atoms with Gasteiger partial charge < -0.3 is 15.6 Å². The second-order valence-corrected chi connectivity index (χ2v) is 5.36. The van der Waals surface area contributed by atoms with E-state index in [2.05, 4.69) is 0 Å². The van der Waals surface area contributed by atoms with E-state index >= 15 is 0 Å². The van der Waals surface area contributed by atoms with E-state index in [0.29, 0.717) is 0 Å². The van der Waals surface area contributed by atoms with E-state index in [4.69, 9.17) is 10.5 Å². The highest BCUT2D eigenvalue weighted by atomic mass is 32.2. The summed E-state index contributed by atoms with van der Waals surface area (Å²) < 4.78 is 5.19. The Morgan fingerprint density at radius 1 is 1.54 bits per heavy atom. The SMILES string of the molecule is COC1CC(N)(C2(O)CCSC2)C1. The van der Waals surface area contributed by atoms with E-state index in [1.54, 1.807) is 18.9 Å². The normalized spacial score (nSPS) is 50.5. The highest BCUT2D eigenvalue weighted by Gasteiger charge is 2.56. The number of hydrogen-bond acceptors (Lipinski definition) is 4. The summed E-state index contributed by atoms with van der Waals surface area (Å²) in [7, 11) is 1.71. The fraction of sp³-hybridized carbons (Fsp3) is 1.00. The maximum Gasteiger partial charge on any atom is 0.0925 e. The van der Waals surface area contributed by atoms with Crippen LogP contribution in [0.1, 0.15) is 19.3 Å². The molecule has 0 aromatic rings. The van der Waals surface area contributed by atoms with Crippen LogP contribution in [0.2, 0.25) is 0 Å². The Morgan fingerprint density at radius 2 is 2.23 bits per heavy atom. The van der Waals surface area contributed by atoms with Crippen molar-refractivity contribution < 1.29 is 9.84 Å². The highest BCUT2D eigenvalue weighted by molar-refractivity contribution is 7.99. The predicted octanol–water partition coefficient (Wildman–Crippen LogP) is 0.361. The fourth-order valence-corrected chi connectivity index (χ4v) is 3.64. The molecule has 4 heteroatoms. The molecule has 1 aliphatic carbocycles. The van der Waals surface area contributed by atoms with Crippen molar-refractivity contribution in [3.8, 4) is 0 Å². The van der Waals surface area contributed by atoms with Gasteiger partial charge in [0.25, 0.3) is 0 Å². The van der Waals surface area contributed by atoms with Gasteiger partial charge in [-0.15, -0.1) is 0 Å². The Hall–Kier alpha value is 0.230. The molecule has 0 amide bonds. The van der Waals surface area contributed by atoms with Crippen molar-refractivity contribution >= 4 is 11.8 Å². The van der Waals surface area contributed by atoms with E-state index in [0.717, 1.165) is 30.8 Å². The Balaban J connectivity index is 2.00. The first-order chi connectivity index (χ1) is 6.10. The smallest absolute Gasteiger partial charge is 0.0925 e. The summed E-state index contributed by atoms with van der Waals surface area (Å²) in [5.41, 5.74) is 5.15. The third-order valence-electron chi connectivity index (χ3n) is 3.44. The zero-order valence-electron chi connectivity index (χ0n) is 7.95. The summed E-state index contributed by atoms with van der Waals surface area (Å²) in [6.45, 7) is 0. The first kappa shape index (κ1) is 9.77. The van der Waals surface area contributed by atoms with Crippen LogP contribution in [0.25, 0.3) is 0 Å². The molecular weight excluding hydrogens is 186 g/mol. The molecule has 3 N–H and O–H groups in total. The molecule has 13 heavy (non-hydrogen) atoms. The van der Waals surface area contributed by atoms with Crippen LogP contribution < -0.4 is 5.73 Å². The van der Waals surface area contributed by atoms with Gasteiger partial charge in [-0.1, -0.05) is 0 Å². The van der Waals surface area contributed by atoms with Crippen molar-refractivity contribution in [2.75, 3.05) is 18.6 Å². The average Bonchev–Trinajstić information content (AvgIpc) is 2.47. The maximum atomic E-state index is 10.3. The number of thioether (sulfide) groups is 1. The zero-order chi connectivity index (χ0) is 9.53. The van der Waals surface area contributed by atoms with Crippen molar-refractivity contribution in [3.63, 3.8) is 0 Å². The van der Waals surface area contributed by atoms with Crippen molar-refractivity contribution in [3.05, 3.63) is 0 Å². The van der Waals surface area contributed by atoms with Crippen LogP contribution in [0.5, 0.6) is 0 Å². The molecule has 1 heterocycles. The molecule has 2 fully saturated rings. The van der Waals surface area contributed by atoms with Crippen LogP contribution in [0.4, 0.5) is 0 Å². The molecule has 1 unspecified atom stereocenters. The lowest BCUT2D eigenvalue weighted by molar-refractivity contribution is -0.113. The lowest BCUT2D eigenvalue weighted by atomic mass is 9.64. The van der Waals surface area contributed by atoms with Gasteiger partial charge >= 0.3 is 0 Å². The lowest BCUT2D eigenvalue weighted by Gasteiger charge is -2.52. The molecule has 0 radical (unpaired) electrons. The topological polar surface area (TPSA) is 55.5 Å². The molecule has 1 saturated carbocycles. The van der Waals surface area contributed by atoms with Gasteiger partial charge in [-0.2, -0.15) is 11.8 Å². The standard InChI is InChI=1S/C9H17NO2S/c1-12-7-4-8(10,5-7)9(11)2-3-13-6-9/h7,11H,2-6,10H2,1H3. The zero-order valence-corrected chi connectivity index (χ0v) is 8.77. The molecule has 76 valence electrons. The molecule has 2 aliphatic rings. The number of aliphatic hydroxyl groups is 1. The van der Waals surface area contributed by atoms with Gasteiger partial charge in [-0.3, -0.25) is 0 Å². The summed E-state index contributed by atoms with van der Waals surface area (Å²) in [6, 6.07) is 0. The third kappa shape index (κ3) is 1.40. The van der Waals surface area contributed by atoms with E-state index < -0.39 is 5.60 Å². The molecular formula is C9H17NO2S. The van der Waals surface area contributed by atoms with Gasteiger partial charge in [0.2, 0.25) is 0 Å².